The van der Waals surface area contributed by atoms with Crippen molar-refractivity contribution >= 4 is 10.9 Å². The minimum Gasteiger partial charge on any atom is -0.358 e. The molecule has 0 aliphatic carbocycles. The van der Waals surface area contributed by atoms with Crippen LogP contribution in [0.5, 0.6) is 0 Å². The van der Waals surface area contributed by atoms with Gasteiger partial charge in [-0.25, -0.2) is 0 Å². The van der Waals surface area contributed by atoms with Gasteiger partial charge in [0.2, 0.25) is 0 Å². The molecule has 0 aliphatic heterocycles. The number of hydrogen-bond acceptors (Lipinski definition) is 1. The van der Waals surface area contributed by atoms with Crippen LogP contribution in [0.4, 0.5) is 0 Å². The van der Waals surface area contributed by atoms with Crippen molar-refractivity contribution in [2.45, 2.75) is 13.3 Å². The van der Waals surface area contributed by atoms with Crippen molar-refractivity contribution in [2.24, 2.45) is 0 Å². The number of allylic oxidation sites excluding steroid dienone is 4. The molecule has 2 heteroatoms. The number of nitrogens with one attached hydrogen (secondary N) is 1. The lowest BCUT2D eigenvalue weighted by Gasteiger charge is -2.01. The summed E-state index contributed by atoms with van der Waals surface area (Å²) in [7, 11) is 0. The molecule has 2 aromatic rings. The van der Waals surface area contributed by atoms with E-state index in [1.807, 2.05) is 55.5 Å². The standard InChI is InChI=1S/C15H15NO/c1-2-3-4-5-8-12-11-15(17)13-9-6-7-10-14(13)16-12/h2-7,9-11H,8H2,1H3,(H,16,17)/b3-2-,5-4-. The van der Waals surface area contributed by atoms with Crippen LogP contribution >= 0.6 is 0 Å². The number of aromatic nitrogens is 1. The summed E-state index contributed by atoms with van der Waals surface area (Å²) < 4.78 is 0. The Morgan fingerprint density at radius 2 is 2.06 bits per heavy atom. The van der Waals surface area contributed by atoms with Crippen LogP contribution in [0, 0.1) is 0 Å². The number of hydrogen-bond donors (Lipinski definition) is 1. The van der Waals surface area contributed by atoms with E-state index in [0.717, 1.165) is 23.0 Å². The third kappa shape index (κ3) is 2.72. The van der Waals surface area contributed by atoms with Crippen LogP contribution in [0.1, 0.15) is 12.6 Å². The molecule has 17 heavy (non-hydrogen) atoms. The summed E-state index contributed by atoms with van der Waals surface area (Å²) >= 11 is 0. The zero-order chi connectivity index (χ0) is 12.1. The fourth-order valence-corrected chi connectivity index (χ4v) is 1.75. The number of benzene rings is 1. The first-order valence-electron chi connectivity index (χ1n) is 5.70. The Morgan fingerprint density at radius 3 is 2.88 bits per heavy atom. The lowest BCUT2D eigenvalue weighted by Crippen LogP contribution is -2.04. The minimum atomic E-state index is 0.0776. The molecule has 0 fully saturated rings. The lowest BCUT2D eigenvalue weighted by molar-refractivity contribution is 1.13. The number of fused-ring (bicyclic) bond motifs is 1. The Morgan fingerprint density at radius 1 is 1.24 bits per heavy atom. The molecule has 0 unspecified atom stereocenters. The SMILES string of the molecule is C/C=C\C=C/Cc1cc(=O)c2ccccc2[nH]1. The van der Waals surface area contributed by atoms with Crippen LogP contribution in [0.3, 0.4) is 0 Å². The zero-order valence-electron chi connectivity index (χ0n) is 9.81. The fourth-order valence-electron chi connectivity index (χ4n) is 1.75. The first kappa shape index (κ1) is 11.4. The molecule has 1 aromatic heterocycles. The van der Waals surface area contributed by atoms with E-state index in [9.17, 15) is 4.79 Å². The van der Waals surface area contributed by atoms with Gasteiger partial charge in [0.1, 0.15) is 0 Å². The Bertz CT molecular complexity index is 620. The molecule has 0 spiro atoms. The second-order valence-electron chi connectivity index (χ2n) is 3.86. The van der Waals surface area contributed by atoms with Gasteiger partial charge in [-0.2, -0.15) is 0 Å². The van der Waals surface area contributed by atoms with E-state index < -0.39 is 0 Å². The zero-order valence-corrected chi connectivity index (χ0v) is 9.81. The van der Waals surface area contributed by atoms with E-state index in [1.165, 1.54) is 0 Å². The maximum atomic E-state index is 11.8. The van der Waals surface area contributed by atoms with Crippen LogP contribution in [-0.4, -0.2) is 4.98 Å². The van der Waals surface area contributed by atoms with Gasteiger partial charge >= 0.3 is 0 Å². The van der Waals surface area contributed by atoms with Crippen molar-refractivity contribution in [3.05, 3.63) is 70.6 Å². The van der Waals surface area contributed by atoms with Crippen LogP contribution in [0.2, 0.25) is 0 Å². The van der Waals surface area contributed by atoms with Gasteiger partial charge in [-0.1, -0.05) is 36.4 Å². The topological polar surface area (TPSA) is 32.9 Å². The van der Waals surface area contributed by atoms with Gasteiger partial charge in [0.05, 0.1) is 0 Å². The molecule has 0 bridgehead atoms. The van der Waals surface area contributed by atoms with Gasteiger partial charge in [-0.3, -0.25) is 4.79 Å². The van der Waals surface area contributed by atoms with Gasteiger partial charge in [0, 0.05) is 29.1 Å². The Labute approximate surface area is 100 Å². The number of para-hydroxylation sites is 1. The van der Waals surface area contributed by atoms with Gasteiger partial charge < -0.3 is 4.98 Å². The second kappa shape index (κ2) is 5.30. The quantitative estimate of drug-likeness (QED) is 0.799. The third-order valence-corrected chi connectivity index (χ3v) is 2.57. The van der Waals surface area contributed by atoms with Crippen molar-refractivity contribution in [3.8, 4) is 0 Å². The third-order valence-electron chi connectivity index (χ3n) is 2.57. The smallest absolute Gasteiger partial charge is 0.189 e. The normalized spacial score (nSPS) is 11.8. The molecular weight excluding hydrogens is 210 g/mol. The van der Waals surface area contributed by atoms with E-state index >= 15 is 0 Å². The van der Waals surface area contributed by atoms with E-state index in [2.05, 4.69) is 4.98 Å². The summed E-state index contributed by atoms with van der Waals surface area (Å²) in [6.07, 6.45) is 8.69. The molecule has 0 amide bonds. The second-order valence-corrected chi connectivity index (χ2v) is 3.86. The average molecular weight is 225 g/mol. The predicted molar refractivity (Wildman–Crippen MR) is 72.2 cm³/mol. The van der Waals surface area contributed by atoms with Gasteiger partial charge in [0.25, 0.3) is 0 Å². The first-order valence-corrected chi connectivity index (χ1v) is 5.70. The van der Waals surface area contributed by atoms with Crippen LogP contribution in [0.25, 0.3) is 10.9 Å². The molecule has 1 heterocycles. The fraction of sp³-hybridized carbons (Fsp3) is 0.133. The van der Waals surface area contributed by atoms with E-state index in [0.29, 0.717) is 0 Å². The summed E-state index contributed by atoms with van der Waals surface area (Å²) in [5, 5.41) is 0.744. The summed E-state index contributed by atoms with van der Waals surface area (Å²) in [6.45, 7) is 1.97. The number of aromatic amines is 1. The summed E-state index contributed by atoms with van der Waals surface area (Å²) in [5.74, 6) is 0. The molecule has 2 nitrogen and oxygen atoms in total. The highest BCUT2D eigenvalue weighted by Crippen LogP contribution is 2.07. The highest BCUT2D eigenvalue weighted by molar-refractivity contribution is 5.78. The number of rotatable bonds is 3. The Hall–Kier alpha value is -2.09. The number of pyridine rings is 1. The summed E-state index contributed by atoms with van der Waals surface area (Å²) in [4.78, 5) is 15.1. The van der Waals surface area contributed by atoms with Crippen LogP contribution in [-0.2, 0) is 6.42 Å². The van der Waals surface area contributed by atoms with Gasteiger partial charge in [0.15, 0.2) is 5.43 Å². The lowest BCUT2D eigenvalue weighted by atomic mass is 10.1. The van der Waals surface area contributed by atoms with Crippen molar-refractivity contribution < 1.29 is 0 Å². The molecule has 2 rings (SSSR count). The molecule has 0 saturated heterocycles. The van der Waals surface area contributed by atoms with Gasteiger partial charge in [-0.05, 0) is 19.1 Å². The first-order chi connectivity index (χ1) is 8.31. The molecule has 0 aliphatic rings. The van der Waals surface area contributed by atoms with E-state index in [4.69, 9.17) is 0 Å². The maximum Gasteiger partial charge on any atom is 0.189 e. The Balaban J connectivity index is 2.34. The van der Waals surface area contributed by atoms with Crippen molar-refractivity contribution in [1.29, 1.82) is 0 Å². The monoisotopic (exact) mass is 225 g/mol. The highest BCUT2D eigenvalue weighted by atomic mass is 16.1. The molecule has 86 valence electrons. The average Bonchev–Trinajstić information content (AvgIpc) is 2.35. The predicted octanol–water partition coefficient (Wildman–Crippen LogP) is 3.20. The van der Waals surface area contributed by atoms with Crippen LogP contribution < -0.4 is 5.43 Å². The van der Waals surface area contributed by atoms with E-state index in [-0.39, 0.29) is 5.43 Å². The highest BCUT2D eigenvalue weighted by Gasteiger charge is 1.99. The minimum absolute atomic E-state index is 0.0776. The molecular formula is C15H15NO. The molecule has 1 aromatic carbocycles. The summed E-state index contributed by atoms with van der Waals surface area (Å²) in [6, 6.07) is 9.24. The van der Waals surface area contributed by atoms with Crippen molar-refractivity contribution in [3.63, 3.8) is 0 Å². The molecule has 0 radical (unpaired) electrons. The van der Waals surface area contributed by atoms with Gasteiger partial charge in [-0.15, -0.1) is 0 Å². The molecule has 0 saturated carbocycles. The molecule has 0 atom stereocenters. The van der Waals surface area contributed by atoms with Crippen LogP contribution in [0.15, 0.2) is 59.4 Å². The number of H-pyrrole nitrogens is 1. The molecule has 1 N–H and O–H groups in total. The summed E-state index contributed by atoms with van der Waals surface area (Å²) in [5.41, 5.74) is 1.91. The van der Waals surface area contributed by atoms with Crippen molar-refractivity contribution in [1.82, 2.24) is 4.98 Å². The van der Waals surface area contributed by atoms with Crippen molar-refractivity contribution in [2.75, 3.05) is 0 Å². The largest absolute Gasteiger partial charge is 0.358 e. The van der Waals surface area contributed by atoms with E-state index in [1.54, 1.807) is 6.07 Å². The Kier molecular flexibility index (Phi) is 3.55. The maximum absolute atomic E-state index is 11.8.